The van der Waals surface area contributed by atoms with E-state index in [1.54, 1.807) is 0 Å². The topological polar surface area (TPSA) is 94.0 Å². The van der Waals surface area contributed by atoms with Gasteiger partial charge < -0.3 is 10.6 Å². The number of nitriles is 1. The second kappa shape index (κ2) is 9.85. The monoisotopic (exact) mass is 454 g/mol. The average Bonchev–Trinajstić information content (AvgIpc) is 3.32. The minimum atomic E-state index is -0.00451. The molecule has 2 aromatic carbocycles. The zero-order chi connectivity index (χ0) is 24.4. The molecule has 1 saturated carbocycles. The third-order valence-electron chi connectivity index (χ3n) is 7.80. The summed E-state index contributed by atoms with van der Waals surface area (Å²) in [5, 5.41) is 17.8. The van der Waals surface area contributed by atoms with Crippen molar-refractivity contribution in [1.29, 1.82) is 10.7 Å². The number of rotatable bonds is 6. The van der Waals surface area contributed by atoms with Gasteiger partial charge >= 0.3 is 0 Å². The minimum Gasteiger partial charge on any atom is -0.402 e. The molecule has 0 bridgehead atoms. The molecule has 2 atom stereocenters. The van der Waals surface area contributed by atoms with Crippen LogP contribution in [0, 0.1) is 35.5 Å². The van der Waals surface area contributed by atoms with Gasteiger partial charge in [0.25, 0.3) is 5.91 Å². The molecule has 1 aliphatic carbocycles. The van der Waals surface area contributed by atoms with Crippen LogP contribution in [0.4, 0.5) is 0 Å². The summed E-state index contributed by atoms with van der Waals surface area (Å²) in [4.78, 5) is 15.0. The lowest BCUT2D eigenvalue weighted by molar-refractivity contribution is 0.0602. The maximum absolute atomic E-state index is 13.1. The predicted octanol–water partition coefficient (Wildman–Crippen LogP) is 5.53. The van der Waals surface area contributed by atoms with E-state index < -0.39 is 0 Å². The first kappa shape index (κ1) is 23.8. The molecule has 2 unspecified atom stereocenters. The fourth-order valence-corrected chi connectivity index (χ4v) is 5.27. The molecule has 1 aliphatic heterocycles. The van der Waals surface area contributed by atoms with Gasteiger partial charge in [-0.3, -0.25) is 10.2 Å². The summed E-state index contributed by atoms with van der Waals surface area (Å²) in [6.45, 7) is 7.49. The highest BCUT2D eigenvalue weighted by Gasteiger charge is 2.32. The Labute approximate surface area is 202 Å². The normalized spacial score (nSPS) is 20.9. The summed E-state index contributed by atoms with van der Waals surface area (Å²) >= 11 is 0. The van der Waals surface area contributed by atoms with E-state index in [0.29, 0.717) is 41.8 Å². The molecule has 4 rings (SSSR count). The molecule has 0 radical (unpaired) electrons. The lowest BCUT2D eigenvalue weighted by Gasteiger charge is -2.39. The minimum absolute atomic E-state index is 0.00451. The summed E-state index contributed by atoms with van der Waals surface area (Å²) in [5.41, 5.74) is 12.8. The molecular formula is C29H34N4O. The molecular weight excluding hydrogens is 420 g/mol. The molecule has 2 aliphatic rings. The van der Waals surface area contributed by atoms with E-state index >= 15 is 0 Å². The smallest absolute Gasteiger partial charge is 0.253 e. The molecule has 3 N–H and O–H groups in total. The Balaban J connectivity index is 1.46. The van der Waals surface area contributed by atoms with Gasteiger partial charge in [-0.15, -0.1) is 0 Å². The molecule has 5 nitrogen and oxygen atoms in total. The van der Waals surface area contributed by atoms with Gasteiger partial charge in [0.15, 0.2) is 0 Å². The molecule has 1 saturated heterocycles. The van der Waals surface area contributed by atoms with Crippen molar-refractivity contribution in [2.75, 3.05) is 13.1 Å². The van der Waals surface area contributed by atoms with Gasteiger partial charge in [0.2, 0.25) is 0 Å². The highest BCUT2D eigenvalue weighted by molar-refractivity contribution is 6.12. The van der Waals surface area contributed by atoms with Gasteiger partial charge in [0.05, 0.1) is 17.3 Å². The van der Waals surface area contributed by atoms with Crippen LogP contribution in [0.1, 0.15) is 78.1 Å². The van der Waals surface area contributed by atoms with Gasteiger partial charge in [-0.2, -0.15) is 5.26 Å². The average molecular weight is 455 g/mol. The highest BCUT2D eigenvalue weighted by Crippen LogP contribution is 2.37. The number of carbonyl (C=O) groups is 1. The van der Waals surface area contributed by atoms with Gasteiger partial charge in [0, 0.05) is 35.8 Å². The third-order valence-corrected chi connectivity index (χ3v) is 7.80. The largest absolute Gasteiger partial charge is 0.402 e. The number of aryl methyl sites for hydroxylation is 1. The van der Waals surface area contributed by atoms with E-state index in [2.05, 4.69) is 13.0 Å². The number of allylic oxidation sites excluding steroid dienone is 2. The molecule has 176 valence electrons. The van der Waals surface area contributed by atoms with Crippen LogP contribution in [0.2, 0.25) is 0 Å². The van der Waals surface area contributed by atoms with Crippen LogP contribution < -0.4 is 5.73 Å². The fraction of sp³-hybridized carbons (Fsp3) is 0.414. The number of likely N-dealkylation sites (tertiary alicyclic amines) is 1. The Morgan fingerprint density at radius 3 is 2.50 bits per heavy atom. The van der Waals surface area contributed by atoms with Crippen molar-refractivity contribution in [3.63, 3.8) is 0 Å². The van der Waals surface area contributed by atoms with Crippen LogP contribution >= 0.6 is 0 Å². The second-order valence-corrected chi connectivity index (χ2v) is 9.91. The van der Waals surface area contributed by atoms with E-state index in [1.807, 2.05) is 61.2 Å². The number of nitrogens with zero attached hydrogens (tertiary/aromatic N) is 2. The standard InChI is InChI=1S/C29H34N4O/c1-4-20-6-12-23(13-20)27(31)19(3)28(32)26-14-24(9-5-18(26)2)29(34)33-16-25(17-33)22-10-7-21(15-30)8-11-22/h5,7-11,14,20,23,25,32H,4,6,12-13,16-17,31H2,1-3H3/b27-19-,32-28?. The number of nitrogens with one attached hydrogen (secondary N) is 1. The van der Waals surface area contributed by atoms with Crippen molar-refractivity contribution in [3.8, 4) is 6.07 Å². The Bertz CT molecular complexity index is 1170. The number of amides is 1. The molecule has 2 fully saturated rings. The maximum Gasteiger partial charge on any atom is 0.253 e. The maximum atomic E-state index is 13.1. The van der Waals surface area contributed by atoms with E-state index in [9.17, 15) is 4.79 Å². The molecule has 5 heteroatoms. The third kappa shape index (κ3) is 4.63. The summed E-state index contributed by atoms with van der Waals surface area (Å²) in [7, 11) is 0. The molecule has 2 aromatic rings. The zero-order valence-corrected chi connectivity index (χ0v) is 20.4. The van der Waals surface area contributed by atoms with Crippen molar-refractivity contribution in [2.24, 2.45) is 17.6 Å². The first-order chi connectivity index (χ1) is 16.3. The van der Waals surface area contributed by atoms with Crippen molar-refractivity contribution in [2.45, 2.75) is 52.4 Å². The van der Waals surface area contributed by atoms with Crippen molar-refractivity contribution in [3.05, 3.63) is 81.6 Å². The van der Waals surface area contributed by atoms with Crippen molar-refractivity contribution in [1.82, 2.24) is 4.90 Å². The van der Waals surface area contributed by atoms with Crippen LogP contribution in [-0.2, 0) is 0 Å². The predicted molar refractivity (Wildman–Crippen MR) is 136 cm³/mol. The molecule has 0 spiro atoms. The van der Waals surface area contributed by atoms with E-state index in [-0.39, 0.29) is 5.91 Å². The summed E-state index contributed by atoms with van der Waals surface area (Å²) in [6.07, 6.45) is 4.61. The quantitative estimate of drug-likeness (QED) is 0.562. The van der Waals surface area contributed by atoms with Crippen LogP contribution in [-0.4, -0.2) is 29.6 Å². The van der Waals surface area contributed by atoms with Gasteiger partial charge in [-0.05, 0) is 85.9 Å². The van der Waals surface area contributed by atoms with Gasteiger partial charge in [-0.1, -0.05) is 31.5 Å². The SMILES string of the molecule is CCC1CCC(/C(N)=C(\C)C(=N)c2cc(C(=O)N3CC(c4ccc(C#N)cc4)C3)ccc2C)C1. The number of benzene rings is 2. The second-order valence-electron chi connectivity index (χ2n) is 9.91. The zero-order valence-electron chi connectivity index (χ0n) is 20.4. The number of hydrogen-bond acceptors (Lipinski definition) is 4. The lowest BCUT2D eigenvalue weighted by Crippen LogP contribution is -2.48. The van der Waals surface area contributed by atoms with Crippen molar-refractivity contribution < 1.29 is 4.79 Å². The fourth-order valence-electron chi connectivity index (χ4n) is 5.27. The summed E-state index contributed by atoms with van der Waals surface area (Å²) in [6, 6.07) is 15.4. The molecule has 1 heterocycles. The van der Waals surface area contributed by atoms with Crippen molar-refractivity contribution >= 4 is 11.6 Å². The summed E-state index contributed by atoms with van der Waals surface area (Å²) in [5.74, 6) is 1.38. The Morgan fingerprint density at radius 2 is 1.88 bits per heavy atom. The van der Waals surface area contributed by atoms with E-state index in [0.717, 1.165) is 46.7 Å². The van der Waals surface area contributed by atoms with Gasteiger partial charge in [-0.25, -0.2) is 0 Å². The van der Waals surface area contributed by atoms with Crippen LogP contribution in [0.3, 0.4) is 0 Å². The summed E-state index contributed by atoms with van der Waals surface area (Å²) < 4.78 is 0. The first-order valence-electron chi connectivity index (χ1n) is 12.3. The Hall–Kier alpha value is -3.39. The van der Waals surface area contributed by atoms with Crippen LogP contribution in [0.25, 0.3) is 0 Å². The molecule has 34 heavy (non-hydrogen) atoms. The molecule has 1 amide bonds. The van der Waals surface area contributed by atoms with E-state index in [4.69, 9.17) is 16.4 Å². The van der Waals surface area contributed by atoms with E-state index in [1.165, 1.54) is 12.8 Å². The lowest BCUT2D eigenvalue weighted by atomic mass is 9.89. The number of hydrogen-bond donors (Lipinski definition) is 2. The number of nitrogens with two attached hydrogens (primary N) is 1. The highest BCUT2D eigenvalue weighted by atomic mass is 16.2. The van der Waals surface area contributed by atoms with Crippen LogP contribution in [0.15, 0.2) is 53.7 Å². The Morgan fingerprint density at radius 1 is 1.18 bits per heavy atom. The molecule has 0 aromatic heterocycles. The van der Waals surface area contributed by atoms with Gasteiger partial charge in [0.1, 0.15) is 0 Å². The first-order valence-corrected chi connectivity index (χ1v) is 12.3. The Kier molecular flexibility index (Phi) is 6.88. The van der Waals surface area contributed by atoms with Crippen LogP contribution in [0.5, 0.6) is 0 Å². The number of carbonyl (C=O) groups excluding carboxylic acids is 1.